The zero-order chi connectivity index (χ0) is 11.4. The molecule has 1 atom stereocenters. The van der Waals surface area contributed by atoms with E-state index in [0.29, 0.717) is 6.42 Å². The van der Waals surface area contributed by atoms with Crippen LogP contribution >= 0.6 is 0 Å². The lowest BCUT2D eigenvalue weighted by Crippen LogP contribution is -2.52. The highest BCUT2D eigenvalue weighted by Gasteiger charge is 2.38. The first kappa shape index (κ1) is 11.8. The van der Waals surface area contributed by atoms with Gasteiger partial charge in [-0.2, -0.15) is 5.06 Å². The molecule has 0 N–H and O–H groups in total. The average Bonchev–Trinajstić information content (AvgIpc) is 2.12. The summed E-state index contributed by atoms with van der Waals surface area (Å²) >= 11 is 0. The third-order valence-electron chi connectivity index (χ3n) is 2.27. The van der Waals surface area contributed by atoms with Crippen molar-refractivity contribution in [2.75, 3.05) is 0 Å². The Morgan fingerprint density at radius 1 is 1.53 bits per heavy atom. The van der Waals surface area contributed by atoms with E-state index in [1.807, 2.05) is 13.8 Å². The Morgan fingerprint density at radius 2 is 2.20 bits per heavy atom. The Balaban J connectivity index is 2.34. The first-order valence-corrected chi connectivity index (χ1v) is 5.14. The van der Waals surface area contributed by atoms with E-state index >= 15 is 0 Å². The smallest absolute Gasteiger partial charge is 0.329 e. The fourth-order valence-corrected chi connectivity index (χ4v) is 1.51. The molecule has 0 saturated carbocycles. The molecule has 84 valence electrons. The van der Waals surface area contributed by atoms with E-state index in [2.05, 4.69) is 6.08 Å². The van der Waals surface area contributed by atoms with Crippen molar-refractivity contribution in [3.05, 3.63) is 11.6 Å². The Kier molecular flexibility index (Phi) is 3.88. The maximum absolute atomic E-state index is 11.1. The minimum Gasteiger partial charge on any atom is -0.338 e. The van der Waals surface area contributed by atoms with Crippen LogP contribution in [0.4, 0.5) is 0 Å². The lowest BCUT2D eigenvalue weighted by atomic mass is 9.99. The van der Waals surface area contributed by atoms with Gasteiger partial charge in [-0.1, -0.05) is 11.6 Å². The lowest BCUT2D eigenvalue weighted by molar-refractivity contribution is -0.225. The van der Waals surface area contributed by atoms with Crippen LogP contribution in [0.15, 0.2) is 11.6 Å². The maximum atomic E-state index is 11.1. The molecule has 1 saturated heterocycles. The highest BCUT2D eigenvalue weighted by atomic mass is 16.7. The second-order valence-electron chi connectivity index (χ2n) is 4.02. The fraction of sp³-hybridized carbons (Fsp3) is 0.636. The number of hydrogen-bond donors (Lipinski definition) is 0. The van der Waals surface area contributed by atoms with Gasteiger partial charge in [0.05, 0.1) is 12.5 Å². The largest absolute Gasteiger partial charge is 0.338 e. The molecule has 1 unspecified atom stereocenters. The highest BCUT2D eigenvalue weighted by molar-refractivity contribution is 5.83. The third kappa shape index (κ3) is 3.38. The zero-order valence-corrected chi connectivity index (χ0v) is 9.45. The molecular formula is C11H17NO3. The molecule has 1 fully saturated rings. The summed E-state index contributed by atoms with van der Waals surface area (Å²) in [6, 6.07) is 0.0667. The number of nitrogens with zero attached hydrogens (tertiary/aromatic N) is 1. The number of carbonyl (C=O) groups excluding carboxylic acids is 2. The van der Waals surface area contributed by atoms with Gasteiger partial charge < -0.3 is 4.84 Å². The zero-order valence-electron chi connectivity index (χ0n) is 9.45. The van der Waals surface area contributed by atoms with Gasteiger partial charge >= 0.3 is 5.97 Å². The van der Waals surface area contributed by atoms with Crippen LogP contribution in [0.25, 0.3) is 0 Å². The van der Waals surface area contributed by atoms with E-state index in [1.54, 1.807) is 0 Å². The first-order chi connectivity index (χ1) is 7.00. The van der Waals surface area contributed by atoms with Gasteiger partial charge in [-0.15, -0.1) is 0 Å². The molecular weight excluding hydrogens is 194 g/mol. The summed E-state index contributed by atoms with van der Waals surface area (Å²) in [4.78, 5) is 26.6. The van der Waals surface area contributed by atoms with E-state index in [1.165, 1.54) is 17.6 Å². The van der Waals surface area contributed by atoms with E-state index < -0.39 is 5.97 Å². The Bertz CT molecular complexity index is 292. The van der Waals surface area contributed by atoms with Gasteiger partial charge in [-0.25, -0.2) is 0 Å². The number of amides is 1. The van der Waals surface area contributed by atoms with E-state index in [4.69, 9.17) is 4.84 Å². The van der Waals surface area contributed by atoms with Crippen LogP contribution in [0.3, 0.4) is 0 Å². The van der Waals surface area contributed by atoms with Gasteiger partial charge in [-0.3, -0.25) is 9.59 Å². The SMILES string of the molecule is CC(=O)ON1C(=O)CC1CCC=C(C)C. The summed E-state index contributed by atoms with van der Waals surface area (Å²) < 4.78 is 0. The normalized spacial score (nSPS) is 19.5. The third-order valence-corrected chi connectivity index (χ3v) is 2.27. The molecule has 0 radical (unpaired) electrons. The Morgan fingerprint density at radius 3 is 2.67 bits per heavy atom. The van der Waals surface area contributed by atoms with E-state index in [9.17, 15) is 9.59 Å². The Hall–Kier alpha value is -1.32. The second-order valence-corrected chi connectivity index (χ2v) is 4.02. The van der Waals surface area contributed by atoms with Gasteiger partial charge in [-0.05, 0) is 26.7 Å². The molecule has 1 aliphatic heterocycles. The summed E-state index contributed by atoms with van der Waals surface area (Å²) in [7, 11) is 0. The second kappa shape index (κ2) is 4.96. The number of β-lactam (4-membered cyclic amide) rings is 1. The first-order valence-electron chi connectivity index (χ1n) is 5.14. The van der Waals surface area contributed by atoms with Crippen molar-refractivity contribution in [3.8, 4) is 0 Å². The summed E-state index contributed by atoms with van der Waals surface area (Å²) in [5.74, 6) is -0.539. The summed E-state index contributed by atoms with van der Waals surface area (Å²) in [5, 5.41) is 1.20. The molecule has 1 aliphatic rings. The van der Waals surface area contributed by atoms with Crippen LogP contribution in [0, 0.1) is 0 Å². The molecule has 4 heteroatoms. The van der Waals surface area contributed by atoms with Crippen LogP contribution < -0.4 is 0 Å². The van der Waals surface area contributed by atoms with E-state index in [0.717, 1.165) is 12.8 Å². The van der Waals surface area contributed by atoms with Gasteiger partial charge in [0.1, 0.15) is 0 Å². The maximum Gasteiger partial charge on any atom is 0.329 e. The summed E-state index contributed by atoms with van der Waals surface area (Å²) in [6.45, 7) is 5.38. The number of hydrogen-bond acceptors (Lipinski definition) is 3. The molecule has 0 bridgehead atoms. The predicted molar refractivity (Wildman–Crippen MR) is 55.7 cm³/mol. The summed E-state index contributed by atoms with van der Waals surface area (Å²) in [6.07, 6.45) is 4.38. The Labute approximate surface area is 89.8 Å². The van der Waals surface area contributed by atoms with E-state index in [-0.39, 0.29) is 11.9 Å². The standard InChI is InChI=1S/C11H17NO3/c1-8(2)5-4-6-10-7-11(14)12(10)15-9(3)13/h5,10H,4,6-7H2,1-3H3. The number of carbonyl (C=O) groups is 2. The van der Waals surface area contributed by atoms with Gasteiger partial charge in [0, 0.05) is 6.92 Å². The van der Waals surface area contributed by atoms with Crippen molar-refractivity contribution in [1.82, 2.24) is 5.06 Å². The van der Waals surface area contributed by atoms with Crippen LogP contribution in [-0.2, 0) is 14.4 Å². The van der Waals surface area contributed by atoms with Crippen LogP contribution in [0.2, 0.25) is 0 Å². The molecule has 4 nitrogen and oxygen atoms in total. The minimum atomic E-state index is -0.435. The van der Waals surface area contributed by atoms with Crippen LogP contribution in [0.5, 0.6) is 0 Å². The molecule has 0 aromatic carbocycles. The van der Waals surface area contributed by atoms with Gasteiger partial charge in [0.2, 0.25) is 0 Å². The number of allylic oxidation sites excluding steroid dienone is 2. The summed E-state index contributed by atoms with van der Waals surface area (Å²) in [5.41, 5.74) is 1.26. The van der Waals surface area contributed by atoms with Crippen molar-refractivity contribution in [2.45, 2.75) is 46.1 Å². The van der Waals surface area contributed by atoms with Crippen molar-refractivity contribution in [3.63, 3.8) is 0 Å². The topological polar surface area (TPSA) is 46.6 Å². The predicted octanol–water partition coefficient (Wildman–Crippen LogP) is 1.81. The van der Waals surface area contributed by atoms with Gasteiger partial charge in [0.15, 0.2) is 0 Å². The molecule has 1 rings (SSSR count). The molecule has 1 amide bonds. The number of rotatable bonds is 4. The highest BCUT2D eigenvalue weighted by Crippen LogP contribution is 2.24. The molecule has 0 aromatic heterocycles. The van der Waals surface area contributed by atoms with Gasteiger partial charge in [0.25, 0.3) is 5.91 Å². The lowest BCUT2D eigenvalue weighted by Gasteiger charge is -2.37. The molecule has 0 spiro atoms. The van der Waals surface area contributed by atoms with Crippen molar-refractivity contribution in [2.24, 2.45) is 0 Å². The van der Waals surface area contributed by atoms with Crippen molar-refractivity contribution in [1.29, 1.82) is 0 Å². The fourth-order valence-electron chi connectivity index (χ4n) is 1.51. The minimum absolute atomic E-state index is 0.0667. The van der Waals surface area contributed by atoms with Crippen LogP contribution in [-0.4, -0.2) is 23.0 Å². The number of hydroxylamine groups is 2. The average molecular weight is 211 g/mol. The van der Waals surface area contributed by atoms with Crippen molar-refractivity contribution >= 4 is 11.9 Å². The van der Waals surface area contributed by atoms with Crippen LogP contribution in [0.1, 0.15) is 40.0 Å². The molecule has 1 heterocycles. The molecule has 0 aliphatic carbocycles. The quantitative estimate of drug-likeness (QED) is 0.526. The monoisotopic (exact) mass is 211 g/mol. The van der Waals surface area contributed by atoms with Crippen molar-refractivity contribution < 1.29 is 14.4 Å². The molecule has 0 aromatic rings. The molecule has 15 heavy (non-hydrogen) atoms.